The van der Waals surface area contributed by atoms with Gasteiger partial charge in [-0.3, -0.25) is 0 Å². The van der Waals surface area contributed by atoms with Crippen LogP contribution in [0.2, 0.25) is 0 Å². The second-order valence-corrected chi connectivity index (χ2v) is 6.13. The van der Waals surface area contributed by atoms with Crippen molar-refractivity contribution < 1.29 is 4.74 Å². The van der Waals surface area contributed by atoms with Gasteiger partial charge in [-0.05, 0) is 48.5 Å². The van der Waals surface area contributed by atoms with Crippen molar-refractivity contribution in [3.8, 4) is 11.4 Å². The topological polar surface area (TPSA) is 14.2 Å². The van der Waals surface area contributed by atoms with Crippen LogP contribution in [0.15, 0.2) is 71.2 Å². The van der Waals surface area contributed by atoms with Gasteiger partial charge in [0.25, 0.3) is 0 Å². The second kappa shape index (κ2) is 5.18. The van der Waals surface area contributed by atoms with Crippen molar-refractivity contribution in [2.75, 3.05) is 7.11 Å². The van der Waals surface area contributed by atoms with Crippen LogP contribution in [-0.4, -0.2) is 11.7 Å². The van der Waals surface area contributed by atoms with Crippen molar-refractivity contribution in [3.05, 3.63) is 71.2 Å². The zero-order valence-corrected chi connectivity index (χ0v) is 13.7. The minimum absolute atomic E-state index is 0.868. The van der Waals surface area contributed by atoms with Gasteiger partial charge in [-0.2, -0.15) is 0 Å². The standard InChI is InChI=1S/C19H14BrNO/c1-22-15-9-7-14(8-10-15)21-18-5-3-2-4-16(18)17-12-13(20)6-11-19(17)21/h2-12H,1H3. The summed E-state index contributed by atoms with van der Waals surface area (Å²) in [5, 5.41) is 2.51. The van der Waals surface area contributed by atoms with Crippen LogP contribution in [0.3, 0.4) is 0 Å². The molecule has 108 valence electrons. The molecule has 3 heteroatoms. The van der Waals surface area contributed by atoms with E-state index in [0.717, 1.165) is 15.9 Å². The molecule has 0 aliphatic carbocycles. The van der Waals surface area contributed by atoms with Crippen LogP contribution in [0.5, 0.6) is 5.75 Å². The number of hydrogen-bond acceptors (Lipinski definition) is 1. The quantitative estimate of drug-likeness (QED) is 0.461. The van der Waals surface area contributed by atoms with Crippen LogP contribution in [0, 0.1) is 0 Å². The molecule has 3 aromatic carbocycles. The van der Waals surface area contributed by atoms with Crippen molar-refractivity contribution in [2.45, 2.75) is 0 Å². The molecule has 0 saturated carbocycles. The Kier molecular flexibility index (Phi) is 3.16. The van der Waals surface area contributed by atoms with E-state index >= 15 is 0 Å². The molecule has 0 atom stereocenters. The molecule has 0 aliphatic rings. The van der Waals surface area contributed by atoms with Gasteiger partial charge in [-0.25, -0.2) is 0 Å². The highest BCUT2D eigenvalue weighted by atomic mass is 79.9. The molecule has 0 unspecified atom stereocenters. The summed E-state index contributed by atoms with van der Waals surface area (Å²) in [6.45, 7) is 0. The lowest BCUT2D eigenvalue weighted by atomic mass is 10.2. The van der Waals surface area contributed by atoms with E-state index in [1.807, 2.05) is 12.1 Å². The summed E-state index contributed by atoms with van der Waals surface area (Å²) < 4.78 is 8.65. The third-order valence-corrected chi connectivity index (χ3v) is 4.46. The number of nitrogens with zero attached hydrogens (tertiary/aromatic N) is 1. The molecular formula is C19H14BrNO. The van der Waals surface area contributed by atoms with E-state index in [1.54, 1.807) is 7.11 Å². The highest BCUT2D eigenvalue weighted by Gasteiger charge is 2.11. The molecule has 1 aromatic heterocycles. The van der Waals surface area contributed by atoms with Crippen LogP contribution in [-0.2, 0) is 0 Å². The van der Waals surface area contributed by atoms with E-state index in [-0.39, 0.29) is 0 Å². The normalized spacial score (nSPS) is 11.2. The first-order valence-corrected chi connectivity index (χ1v) is 7.90. The van der Waals surface area contributed by atoms with Crippen molar-refractivity contribution in [2.24, 2.45) is 0 Å². The zero-order chi connectivity index (χ0) is 15.1. The van der Waals surface area contributed by atoms with Crippen LogP contribution >= 0.6 is 15.9 Å². The van der Waals surface area contributed by atoms with Gasteiger partial charge in [-0.1, -0.05) is 34.1 Å². The largest absolute Gasteiger partial charge is 0.497 e. The number of benzene rings is 3. The number of aromatic nitrogens is 1. The SMILES string of the molecule is COc1ccc(-n2c3ccccc3c3cc(Br)ccc32)cc1. The molecule has 4 aromatic rings. The first-order valence-electron chi connectivity index (χ1n) is 7.11. The molecule has 0 saturated heterocycles. The maximum Gasteiger partial charge on any atom is 0.119 e. The van der Waals surface area contributed by atoms with Crippen LogP contribution in [0.1, 0.15) is 0 Å². The summed E-state index contributed by atoms with van der Waals surface area (Å²) in [4.78, 5) is 0. The average Bonchev–Trinajstić information content (AvgIpc) is 2.89. The van der Waals surface area contributed by atoms with Gasteiger partial charge < -0.3 is 9.30 Å². The summed E-state index contributed by atoms with van der Waals surface area (Å²) in [6.07, 6.45) is 0. The maximum atomic E-state index is 5.26. The van der Waals surface area contributed by atoms with Crippen molar-refractivity contribution in [1.82, 2.24) is 4.57 Å². The fourth-order valence-corrected chi connectivity index (χ4v) is 3.32. The molecule has 22 heavy (non-hydrogen) atoms. The van der Waals surface area contributed by atoms with Crippen molar-refractivity contribution in [3.63, 3.8) is 0 Å². The van der Waals surface area contributed by atoms with Gasteiger partial charge in [0.05, 0.1) is 18.1 Å². The minimum atomic E-state index is 0.868. The predicted octanol–water partition coefficient (Wildman–Crippen LogP) is 5.55. The molecule has 0 bridgehead atoms. The summed E-state index contributed by atoms with van der Waals surface area (Å²) in [5.74, 6) is 0.868. The van der Waals surface area contributed by atoms with Crippen molar-refractivity contribution >= 4 is 37.7 Å². The number of para-hydroxylation sites is 1. The first-order chi connectivity index (χ1) is 10.8. The molecule has 0 radical (unpaired) electrons. The van der Waals surface area contributed by atoms with Gasteiger partial charge in [-0.15, -0.1) is 0 Å². The highest BCUT2D eigenvalue weighted by Crippen LogP contribution is 2.33. The Hall–Kier alpha value is -2.26. The zero-order valence-electron chi connectivity index (χ0n) is 12.1. The fraction of sp³-hybridized carbons (Fsp3) is 0.0526. The van der Waals surface area contributed by atoms with E-state index in [0.29, 0.717) is 0 Å². The number of methoxy groups -OCH3 is 1. The Morgan fingerprint density at radius 3 is 2.32 bits per heavy atom. The number of hydrogen-bond donors (Lipinski definition) is 0. The van der Waals surface area contributed by atoms with Gasteiger partial charge in [0.15, 0.2) is 0 Å². The van der Waals surface area contributed by atoms with E-state index in [9.17, 15) is 0 Å². The average molecular weight is 352 g/mol. The number of ether oxygens (including phenoxy) is 1. The summed E-state index contributed by atoms with van der Waals surface area (Å²) in [7, 11) is 1.69. The third kappa shape index (κ3) is 2.01. The Labute approximate surface area is 137 Å². The highest BCUT2D eigenvalue weighted by molar-refractivity contribution is 9.10. The van der Waals surface area contributed by atoms with Crippen molar-refractivity contribution in [1.29, 1.82) is 0 Å². The van der Waals surface area contributed by atoms with E-state index in [1.165, 1.54) is 21.8 Å². The second-order valence-electron chi connectivity index (χ2n) is 5.21. The monoisotopic (exact) mass is 351 g/mol. The molecule has 0 aliphatic heterocycles. The van der Waals surface area contributed by atoms with Gasteiger partial charge in [0.1, 0.15) is 5.75 Å². The number of rotatable bonds is 2. The molecule has 0 N–H and O–H groups in total. The Morgan fingerprint density at radius 2 is 1.55 bits per heavy atom. The molecule has 0 fully saturated rings. The van der Waals surface area contributed by atoms with E-state index < -0.39 is 0 Å². The van der Waals surface area contributed by atoms with E-state index in [2.05, 4.69) is 75.1 Å². The van der Waals surface area contributed by atoms with E-state index in [4.69, 9.17) is 4.74 Å². The molecular weight excluding hydrogens is 338 g/mol. The molecule has 2 nitrogen and oxygen atoms in total. The number of fused-ring (bicyclic) bond motifs is 3. The number of halogens is 1. The Morgan fingerprint density at radius 1 is 0.818 bits per heavy atom. The maximum absolute atomic E-state index is 5.26. The van der Waals surface area contributed by atoms with Crippen LogP contribution in [0.25, 0.3) is 27.5 Å². The lowest BCUT2D eigenvalue weighted by Gasteiger charge is -2.08. The summed E-state index contributed by atoms with van der Waals surface area (Å²) in [6, 6.07) is 23.1. The van der Waals surface area contributed by atoms with Gasteiger partial charge in [0.2, 0.25) is 0 Å². The summed E-state index contributed by atoms with van der Waals surface area (Å²) in [5.41, 5.74) is 3.55. The third-order valence-electron chi connectivity index (χ3n) is 3.97. The van der Waals surface area contributed by atoms with Crippen LogP contribution in [0.4, 0.5) is 0 Å². The lowest BCUT2D eigenvalue weighted by molar-refractivity contribution is 0.415. The van der Waals surface area contributed by atoms with Gasteiger partial charge in [0, 0.05) is 20.9 Å². The molecule has 1 heterocycles. The Bertz CT molecular complexity index is 970. The predicted molar refractivity (Wildman–Crippen MR) is 95.0 cm³/mol. The molecule has 4 rings (SSSR count). The summed E-state index contributed by atoms with van der Waals surface area (Å²) >= 11 is 3.58. The Balaban J connectivity index is 2.09. The molecule has 0 spiro atoms. The fourth-order valence-electron chi connectivity index (χ4n) is 2.95. The lowest BCUT2D eigenvalue weighted by Crippen LogP contribution is -1.93. The minimum Gasteiger partial charge on any atom is -0.497 e. The smallest absolute Gasteiger partial charge is 0.119 e. The van der Waals surface area contributed by atoms with Gasteiger partial charge >= 0.3 is 0 Å². The van der Waals surface area contributed by atoms with Crippen LogP contribution < -0.4 is 4.74 Å². The first kappa shape index (κ1) is 13.4. The molecule has 0 amide bonds.